The maximum atomic E-state index is 11.3. The molecule has 2 atom stereocenters. The third kappa shape index (κ3) is 5.68. The minimum atomic E-state index is -0.865. The number of carbonyl (C=O) groups excluding carboxylic acids is 1. The number of aromatic carboxylic acids is 1. The lowest BCUT2D eigenvalue weighted by molar-refractivity contribution is 0.0476. The molecule has 2 unspecified atom stereocenters. The molecule has 2 aliphatic heterocycles. The molecule has 4 rings (SSSR count). The normalized spacial score (nSPS) is 19.7. The van der Waals surface area contributed by atoms with E-state index in [4.69, 9.17) is 19.3 Å². The van der Waals surface area contributed by atoms with Crippen LogP contribution in [0.15, 0.2) is 54.6 Å². The first kappa shape index (κ1) is 18.1. The second-order valence-electron chi connectivity index (χ2n) is 6.04. The van der Waals surface area contributed by atoms with E-state index in [9.17, 15) is 9.59 Å². The summed E-state index contributed by atoms with van der Waals surface area (Å²) >= 11 is 0. The molecule has 6 nitrogen and oxygen atoms in total. The van der Waals surface area contributed by atoms with E-state index in [1.807, 2.05) is 30.3 Å². The number of hydrogen-bond acceptors (Lipinski definition) is 5. The zero-order valence-electron chi connectivity index (χ0n) is 14.2. The number of ether oxygens (including phenoxy) is 3. The Hall–Kier alpha value is -2.70. The van der Waals surface area contributed by atoms with Crippen molar-refractivity contribution >= 4 is 11.9 Å². The van der Waals surface area contributed by atoms with E-state index >= 15 is 0 Å². The number of hydrogen-bond donors (Lipinski definition) is 1. The molecular formula is C20H20O6. The van der Waals surface area contributed by atoms with Crippen LogP contribution in [0, 0.1) is 0 Å². The molecule has 0 aromatic heterocycles. The van der Waals surface area contributed by atoms with E-state index in [-0.39, 0.29) is 18.2 Å². The summed E-state index contributed by atoms with van der Waals surface area (Å²) in [6.07, 6.45) is 1.08. The van der Waals surface area contributed by atoms with Gasteiger partial charge in [-0.25, -0.2) is 9.59 Å². The van der Waals surface area contributed by atoms with Crippen molar-refractivity contribution in [3.63, 3.8) is 0 Å². The van der Waals surface area contributed by atoms with Gasteiger partial charge in [0.25, 0.3) is 0 Å². The average molecular weight is 356 g/mol. The molecule has 1 N–H and O–H groups in total. The Balaban J connectivity index is 0.000000151. The molecule has 0 spiro atoms. The summed E-state index contributed by atoms with van der Waals surface area (Å²) in [6.45, 7) is 1.84. The predicted molar refractivity (Wildman–Crippen MR) is 93.3 cm³/mol. The Labute approximate surface area is 151 Å². The summed E-state index contributed by atoms with van der Waals surface area (Å²) in [7, 11) is 0. The minimum Gasteiger partial charge on any atom is -0.478 e. The Morgan fingerprint density at radius 2 is 1.58 bits per heavy atom. The molecule has 2 aliphatic rings. The van der Waals surface area contributed by atoms with Crippen LogP contribution in [-0.4, -0.2) is 49.1 Å². The molecule has 2 saturated heterocycles. The van der Waals surface area contributed by atoms with Gasteiger partial charge in [-0.05, 0) is 23.8 Å². The van der Waals surface area contributed by atoms with Crippen LogP contribution in [-0.2, 0) is 20.6 Å². The monoisotopic (exact) mass is 356 g/mol. The van der Waals surface area contributed by atoms with Crippen molar-refractivity contribution in [2.24, 2.45) is 0 Å². The Kier molecular flexibility index (Phi) is 5.99. The molecule has 0 aliphatic carbocycles. The quantitative estimate of drug-likeness (QED) is 0.632. The molecule has 2 aromatic carbocycles. The topological polar surface area (TPSA) is 88.7 Å². The highest BCUT2D eigenvalue weighted by molar-refractivity contribution is 5.89. The Morgan fingerprint density at radius 1 is 0.962 bits per heavy atom. The lowest BCUT2D eigenvalue weighted by Gasteiger charge is -2.02. The van der Waals surface area contributed by atoms with Crippen LogP contribution in [0.4, 0.5) is 0 Å². The van der Waals surface area contributed by atoms with E-state index in [0.717, 1.165) is 12.2 Å². The van der Waals surface area contributed by atoms with Crippen LogP contribution < -0.4 is 0 Å². The van der Waals surface area contributed by atoms with Gasteiger partial charge in [0.15, 0.2) is 0 Å². The summed E-state index contributed by atoms with van der Waals surface area (Å²) < 4.78 is 15.0. The van der Waals surface area contributed by atoms with Crippen molar-refractivity contribution in [3.05, 3.63) is 71.3 Å². The van der Waals surface area contributed by atoms with Crippen molar-refractivity contribution in [3.8, 4) is 0 Å². The van der Waals surface area contributed by atoms with Crippen LogP contribution in [0.3, 0.4) is 0 Å². The summed E-state index contributed by atoms with van der Waals surface area (Å²) in [6, 6.07) is 16.0. The Morgan fingerprint density at radius 3 is 2.19 bits per heavy atom. The van der Waals surface area contributed by atoms with Crippen molar-refractivity contribution in [2.75, 3.05) is 19.8 Å². The van der Waals surface area contributed by atoms with Crippen molar-refractivity contribution in [1.82, 2.24) is 0 Å². The second kappa shape index (κ2) is 8.60. The highest BCUT2D eigenvalue weighted by Gasteiger charge is 2.25. The van der Waals surface area contributed by atoms with E-state index in [2.05, 4.69) is 0 Å². The number of esters is 1. The van der Waals surface area contributed by atoms with Gasteiger partial charge in [0.1, 0.15) is 12.7 Å². The number of carboxylic acids is 1. The zero-order valence-corrected chi connectivity index (χ0v) is 14.2. The fraction of sp³-hybridized carbons (Fsp3) is 0.300. The fourth-order valence-electron chi connectivity index (χ4n) is 2.33. The van der Waals surface area contributed by atoms with Gasteiger partial charge in [-0.2, -0.15) is 0 Å². The number of rotatable bonds is 6. The molecule has 6 heteroatoms. The highest BCUT2D eigenvalue weighted by atomic mass is 16.6. The van der Waals surface area contributed by atoms with Gasteiger partial charge < -0.3 is 19.3 Å². The molecule has 2 aromatic rings. The molecule has 0 saturated carbocycles. The van der Waals surface area contributed by atoms with Crippen LogP contribution in [0.5, 0.6) is 0 Å². The SMILES string of the molecule is O=C(O)c1ccccc1CC1CO1.O=C(OCC1CO1)c1ccccc1. The summed E-state index contributed by atoms with van der Waals surface area (Å²) in [5.41, 5.74) is 1.83. The smallest absolute Gasteiger partial charge is 0.338 e. The molecule has 0 radical (unpaired) electrons. The third-order valence-electron chi connectivity index (χ3n) is 3.91. The first-order chi connectivity index (χ1) is 12.6. The van der Waals surface area contributed by atoms with Gasteiger partial charge in [0, 0.05) is 6.42 Å². The van der Waals surface area contributed by atoms with Crippen LogP contribution in [0.1, 0.15) is 26.3 Å². The largest absolute Gasteiger partial charge is 0.478 e. The maximum Gasteiger partial charge on any atom is 0.338 e. The number of carboxylic acid groups (broad SMARTS) is 1. The number of benzene rings is 2. The van der Waals surface area contributed by atoms with Gasteiger partial charge in [-0.15, -0.1) is 0 Å². The molecule has 2 heterocycles. The first-order valence-electron chi connectivity index (χ1n) is 8.40. The van der Waals surface area contributed by atoms with Crippen LogP contribution >= 0.6 is 0 Å². The molecule has 26 heavy (non-hydrogen) atoms. The number of epoxide rings is 2. The molecule has 0 bridgehead atoms. The second-order valence-corrected chi connectivity index (χ2v) is 6.04. The van der Waals surface area contributed by atoms with Crippen molar-refractivity contribution in [1.29, 1.82) is 0 Å². The predicted octanol–water partition coefficient (Wildman–Crippen LogP) is 2.57. The third-order valence-corrected chi connectivity index (χ3v) is 3.91. The molecule has 136 valence electrons. The summed E-state index contributed by atoms with van der Waals surface area (Å²) in [5.74, 6) is -1.15. The number of carbonyl (C=O) groups is 2. The van der Waals surface area contributed by atoms with Gasteiger partial charge in [-0.3, -0.25) is 0 Å². The highest BCUT2D eigenvalue weighted by Crippen LogP contribution is 2.19. The summed E-state index contributed by atoms with van der Waals surface area (Å²) in [4.78, 5) is 22.1. The van der Waals surface area contributed by atoms with E-state index in [1.165, 1.54) is 0 Å². The lowest BCUT2D eigenvalue weighted by Crippen LogP contribution is -2.09. The standard InChI is InChI=1S/2C10H10O3/c11-10(12)9-4-2-1-3-7(9)5-8-6-13-8;11-10(13-7-9-6-12-9)8-4-2-1-3-5-8/h1-4,8H,5-6H2,(H,11,12);1-5,9H,6-7H2. The van der Waals surface area contributed by atoms with Crippen LogP contribution in [0.2, 0.25) is 0 Å². The summed E-state index contributed by atoms with van der Waals surface area (Å²) in [5, 5.41) is 8.86. The van der Waals surface area contributed by atoms with Gasteiger partial charge >= 0.3 is 11.9 Å². The fourth-order valence-corrected chi connectivity index (χ4v) is 2.33. The maximum absolute atomic E-state index is 11.3. The average Bonchev–Trinajstić information content (AvgIpc) is 3.57. The first-order valence-corrected chi connectivity index (χ1v) is 8.40. The van der Waals surface area contributed by atoms with Gasteiger partial charge in [0.05, 0.1) is 30.4 Å². The minimum absolute atomic E-state index is 0.132. The van der Waals surface area contributed by atoms with Gasteiger partial charge in [-0.1, -0.05) is 36.4 Å². The van der Waals surface area contributed by atoms with Gasteiger partial charge in [0.2, 0.25) is 0 Å². The molecule has 2 fully saturated rings. The lowest BCUT2D eigenvalue weighted by atomic mass is 10.0. The zero-order chi connectivity index (χ0) is 18.4. The van der Waals surface area contributed by atoms with Crippen LogP contribution in [0.25, 0.3) is 0 Å². The Bertz CT molecular complexity index is 750. The van der Waals surface area contributed by atoms with E-state index in [1.54, 1.807) is 24.3 Å². The van der Waals surface area contributed by atoms with E-state index in [0.29, 0.717) is 30.8 Å². The van der Waals surface area contributed by atoms with Crippen molar-refractivity contribution in [2.45, 2.75) is 18.6 Å². The van der Waals surface area contributed by atoms with E-state index < -0.39 is 5.97 Å². The molecular weight excluding hydrogens is 336 g/mol. The van der Waals surface area contributed by atoms with Crippen molar-refractivity contribution < 1.29 is 28.9 Å². The molecule has 0 amide bonds.